The third-order valence-electron chi connectivity index (χ3n) is 4.35. The van der Waals surface area contributed by atoms with Crippen molar-refractivity contribution in [1.29, 1.82) is 0 Å². The molecule has 0 spiro atoms. The van der Waals surface area contributed by atoms with Crippen LogP contribution in [0, 0.1) is 0 Å². The predicted octanol–water partition coefficient (Wildman–Crippen LogP) is 5.01. The molecule has 0 aliphatic heterocycles. The molecule has 7 heteroatoms. The summed E-state index contributed by atoms with van der Waals surface area (Å²) in [6.45, 7) is 1.94. The Bertz CT molecular complexity index is 1270. The van der Waals surface area contributed by atoms with Crippen molar-refractivity contribution < 1.29 is 12.6 Å². The van der Waals surface area contributed by atoms with E-state index >= 15 is 0 Å². The summed E-state index contributed by atoms with van der Waals surface area (Å²) in [5.41, 5.74) is 1.33. The predicted molar refractivity (Wildman–Crippen MR) is 110 cm³/mol. The van der Waals surface area contributed by atoms with Crippen LogP contribution in [0.2, 0.25) is 5.02 Å². The fourth-order valence-corrected chi connectivity index (χ4v) is 4.05. The number of hydrogen-bond acceptors (Lipinski definition) is 4. The van der Waals surface area contributed by atoms with Crippen LogP contribution in [-0.2, 0) is 16.5 Å². The van der Waals surface area contributed by atoms with Crippen LogP contribution in [0.25, 0.3) is 16.5 Å². The number of nitrogens with zero attached hydrogens (tertiary/aromatic N) is 2. The molecule has 0 fully saturated rings. The van der Waals surface area contributed by atoms with E-state index in [2.05, 4.69) is 5.10 Å². The number of aromatic nitrogens is 2. The van der Waals surface area contributed by atoms with Crippen molar-refractivity contribution in [3.05, 3.63) is 83.5 Å². The first-order valence-electron chi connectivity index (χ1n) is 8.74. The van der Waals surface area contributed by atoms with Gasteiger partial charge < -0.3 is 4.18 Å². The van der Waals surface area contributed by atoms with E-state index in [9.17, 15) is 8.42 Å². The molecule has 0 atom stereocenters. The first-order chi connectivity index (χ1) is 13.5. The summed E-state index contributed by atoms with van der Waals surface area (Å²) in [5.74, 6) is 0.118. The zero-order valence-electron chi connectivity index (χ0n) is 15.0. The Hall–Kier alpha value is -2.83. The van der Waals surface area contributed by atoms with Crippen molar-refractivity contribution in [2.75, 3.05) is 0 Å². The molecule has 0 saturated carbocycles. The molecule has 0 aliphatic carbocycles. The van der Waals surface area contributed by atoms with E-state index in [0.29, 0.717) is 22.8 Å². The van der Waals surface area contributed by atoms with E-state index < -0.39 is 10.1 Å². The van der Waals surface area contributed by atoms with Gasteiger partial charge in [0.1, 0.15) is 4.90 Å². The highest BCUT2D eigenvalue weighted by Gasteiger charge is 2.21. The average molecular weight is 413 g/mol. The van der Waals surface area contributed by atoms with Gasteiger partial charge in [-0.25, -0.2) is 0 Å². The maximum absolute atomic E-state index is 12.9. The van der Waals surface area contributed by atoms with Crippen LogP contribution in [0.1, 0.15) is 12.6 Å². The van der Waals surface area contributed by atoms with Gasteiger partial charge in [0.2, 0.25) is 5.88 Å². The zero-order valence-corrected chi connectivity index (χ0v) is 16.6. The van der Waals surface area contributed by atoms with Crippen molar-refractivity contribution in [3.63, 3.8) is 0 Å². The summed E-state index contributed by atoms with van der Waals surface area (Å²) in [6.07, 6.45) is 0.639. The summed E-state index contributed by atoms with van der Waals surface area (Å²) >= 11 is 6.07. The Morgan fingerprint density at radius 3 is 2.50 bits per heavy atom. The van der Waals surface area contributed by atoms with Crippen LogP contribution in [0.3, 0.4) is 0 Å². The van der Waals surface area contributed by atoms with E-state index in [-0.39, 0.29) is 10.8 Å². The van der Waals surface area contributed by atoms with Crippen molar-refractivity contribution >= 4 is 32.5 Å². The Labute approximate surface area is 168 Å². The van der Waals surface area contributed by atoms with Crippen LogP contribution in [-0.4, -0.2) is 18.2 Å². The molecular formula is C21H17ClN2O3S. The fraction of sp³-hybridized carbons (Fsp3) is 0.0952. The van der Waals surface area contributed by atoms with Crippen LogP contribution in [0.15, 0.2) is 77.7 Å². The van der Waals surface area contributed by atoms with Crippen LogP contribution < -0.4 is 4.18 Å². The van der Waals surface area contributed by atoms with E-state index in [4.69, 9.17) is 15.8 Å². The highest BCUT2D eigenvalue weighted by molar-refractivity contribution is 7.87. The monoisotopic (exact) mass is 412 g/mol. The summed E-state index contributed by atoms with van der Waals surface area (Å²) in [5, 5.41) is 6.74. The minimum absolute atomic E-state index is 0.0862. The van der Waals surface area contributed by atoms with E-state index in [0.717, 1.165) is 10.8 Å². The minimum atomic E-state index is -4.03. The lowest BCUT2D eigenvalue weighted by Crippen LogP contribution is -2.12. The second kappa shape index (κ2) is 7.30. The first kappa shape index (κ1) is 18.5. The highest BCUT2D eigenvalue weighted by atomic mass is 35.5. The van der Waals surface area contributed by atoms with Gasteiger partial charge in [-0.1, -0.05) is 54.9 Å². The number of halogens is 1. The van der Waals surface area contributed by atoms with Gasteiger partial charge in [-0.3, -0.25) is 0 Å². The third-order valence-corrected chi connectivity index (χ3v) is 5.80. The van der Waals surface area contributed by atoms with Crippen molar-refractivity contribution in [1.82, 2.24) is 9.78 Å². The smallest absolute Gasteiger partial charge is 0.340 e. The maximum atomic E-state index is 12.9. The van der Waals surface area contributed by atoms with Crippen molar-refractivity contribution in [2.24, 2.45) is 0 Å². The van der Waals surface area contributed by atoms with Gasteiger partial charge >= 0.3 is 10.1 Å². The van der Waals surface area contributed by atoms with Gasteiger partial charge in [0.25, 0.3) is 0 Å². The molecule has 0 amide bonds. The van der Waals surface area contributed by atoms with Gasteiger partial charge in [-0.2, -0.15) is 18.2 Å². The molecule has 0 bridgehead atoms. The quantitative estimate of drug-likeness (QED) is 0.432. The Balaban J connectivity index is 1.75. The SMILES string of the molecule is CCc1cc(OS(=O)(=O)c2ccc3ccccc3c2)n(-c2cccc(Cl)c2)n1. The van der Waals surface area contributed by atoms with Gasteiger partial charge in [0.05, 0.1) is 11.4 Å². The topological polar surface area (TPSA) is 61.2 Å². The molecule has 1 aromatic heterocycles. The van der Waals surface area contributed by atoms with Gasteiger partial charge in [0, 0.05) is 11.1 Å². The van der Waals surface area contributed by atoms with E-state index in [1.807, 2.05) is 31.2 Å². The van der Waals surface area contributed by atoms with E-state index in [1.54, 1.807) is 48.5 Å². The van der Waals surface area contributed by atoms with Gasteiger partial charge in [-0.05, 0) is 47.5 Å². The molecule has 5 nitrogen and oxygen atoms in total. The second-order valence-corrected chi connectivity index (χ2v) is 8.25. The molecule has 3 aromatic carbocycles. The summed E-state index contributed by atoms with van der Waals surface area (Å²) in [4.78, 5) is 0.0862. The lowest BCUT2D eigenvalue weighted by Gasteiger charge is -2.10. The summed E-state index contributed by atoms with van der Waals surface area (Å²) in [6, 6.07) is 21.1. The third kappa shape index (κ3) is 3.61. The molecule has 142 valence electrons. The Morgan fingerprint density at radius 1 is 0.964 bits per heavy atom. The highest BCUT2D eigenvalue weighted by Crippen LogP contribution is 2.26. The molecule has 28 heavy (non-hydrogen) atoms. The largest absolute Gasteiger partial charge is 0.358 e. The molecular weight excluding hydrogens is 396 g/mol. The Morgan fingerprint density at radius 2 is 1.75 bits per heavy atom. The molecule has 0 aliphatic rings. The average Bonchev–Trinajstić information content (AvgIpc) is 3.10. The van der Waals surface area contributed by atoms with Gasteiger partial charge in [0.15, 0.2) is 0 Å². The van der Waals surface area contributed by atoms with Crippen LogP contribution in [0.5, 0.6) is 5.88 Å². The summed E-state index contributed by atoms with van der Waals surface area (Å²) < 4.78 is 32.7. The second-order valence-electron chi connectivity index (χ2n) is 6.27. The number of fused-ring (bicyclic) bond motifs is 1. The zero-order chi connectivity index (χ0) is 19.7. The standard InChI is InChI=1S/C21H17ClN2O3S/c1-2-18-14-21(24(23-18)19-9-5-8-17(22)13-19)27-28(25,26)20-11-10-15-6-3-4-7-16(15)12-20/h3-14H,2H2,1H3. The Kier molecular flexibility index (Phi) is 4.83. The number of aryl methyl sites for hydroxylation is 1. The first-order valence-corrected chi connectivity index (χ1v) is 10.5. The molecule has 1 heterocycles. The van der Waals surface area contributed by atoms with Crippen LogP contribution in [0.4, 0.5) is 0 Å². The maximum Gasteiger partial charge on any atom is 0.340 e. The molecule has 4 rings (SSSR count). The minimum Gasteiger partial charge on any atom is -0.358 e. The summed E-state index contributed by atoms with van der Waals surface area (Å²) in [7, 11) is -4.03. The number of benzene rings is 3. The van der Waals surface area contributed by atoms with Crippen LogP contribution >= 0.6 is 11.6 Å². The molecule has 0 radical (unpaired) electrons. The number of rotatable bonds is 5. The molecule has 0 saturated heterocycles. The van der Waals surface area contributed by atoms with Crippen molar-refractivity contribution in [2.45, 2.75) is 18.2 Å². The lowest BCUT2D eigenvalue weighted by molar-refractivity contribution is 0.465. The lowest BCUT2D eigenvalue weighted by atomic mass is 10.1. The fourth-order valence-electron chi connectivity index (χ4n) is 2.92. The number of hydrogen-bond donors (Lipinski definition) is 0. The molecule has 0 unspecified atom stereocenters. The molecule has 4 aromatic rings. The van der Waals surface area contributed by atoms with Crippen molar-refractivity contribution in [3.8, 4) is 11.6 Å². The van der Waals surface area contributed by atoms with E-state index in [1.165, 1.54) is 4.68 Å². The van der Waals surface area contributed by atoms with Gasteiger partial charge in [-0.15, -0.1) is 0 Å². The normalized spacial score (nSPS) is 11.6. The molecule has 0 N–H and O–H groups in total.